The van der Waals surface area contributed by atoms with Crippen LogP contribution in [0.3, 0.4) is 0 Å². The van der Waals surface area contributed by atoms with Crippen molar-refractivity contribution in [2.24, 2.45) is 0 Å². The second-order valence-corrected chi connectivity index (χ2v) is 5.64. The summed E-state index contributed by atoms with van der Waals surface area (Å²) < 4.78 is 4.29. The Bertz CT molecular complexity index is 380. The van der Waals surface area contributed by atoms with Crippen molar-refractivity contribution < 1.29 is 0 Å². The molecule has 15 heavy (non-hydrogen) atoms. The Kier molecular flexibility index (Phi) is 5.58. The molecule has 0 saturated heterocycles. The molecule has 2 aromatic rings. The lowest BCUT2D eigenvalue weighted by molar-refractivity contribution is 0.532. The van der Waals surface area contributed by atoms with E-state index in [4.69, 9.17) is 0 Å². The van der Waals surface area contributed by atoms with Crippen molar-refractivity contribution in [3.05, 3.63) is 31.9 Å². The van der Waals surface area contributed by atoms with Gasteiger partial charge in [-0.2, -0.15) is 10.2 Å². The monoisotopic (exact) mass is 430 g/mol. The van der Waals surface area contributed by atoms with E-state index in [0.29, 0.717) is 6.04 Å². The average molecular weight is 430 g/mol. The van der Waals surface area contributed by atoms with Gasteiger partial charge in [-0.15, -0.1) is 0 Å². The number of nitrogens with zero attached hydrogens (tertiary/aromatic N) is 3. The summed E-state index contributed by atoms with van der Waals surface area (Å²) >= 11 is 4.43. The van der Waals surface area contributed by atoms with Crippen LogP contribution in [0, 0.1) is 7.14 Å². The van der Waals surface area contributed by atoms with Gasteiger partial charge in [-0.3, -0.25) is 9.78 Å². The van der Waals surface area contributed by atoms with Gasteiger partial charge in [-0.1, -0.05) is 0 Å². The van der Waals surface area contributed by atoms with E-state index >= 15 is 0 Å². The van der Waals surface area contributed by atoms with E-state index in [0.717, 1.165) is 3.57 Å². The largest absolute Gasteiger partial charge is 0.285 e. The van der Waals surface area contributed by atoms with Crippen LogP contribution < -0.4 is 0 Å². The fourth-order valence-corrected chi connectivity index (χ4v) is 1.52. The molecule has 1 N–H and O–H groups in total. The van der Waals surface area contributed by atoms with Gasteiger partial charge in [0.2, 0.25) is 0 Å². The van der Waals surface area contributed by atoms with Crippen LogP contribution in [0.1, 0.15) is 19.9 Å². The van der Waals surface area contributed by atoms with Crippen molar-refractivity contribution in [2.45, 2.75) is 19.9 Å². The minimum absolute atomic E-state index is 0.480. The molecule has 2 rings (SSSR count). The Morgan fingerprint density at radius 3 is 2.20 bits per heavy atom. The maximum Gasteiger partial charge on any atom is 0.0623 e. The van der Waals surface area contributed by atoms with Gasteiger partial charge in [0.15, 0.2) is 0 Å². The third-order valence-electron chi connectivity index (χ3n) is 1.56. The molecule has 82 valence electrons. The van der Waals surface area contributed by atoms with Crippen LogP contribution in [0.25, 0.3) is 0 Å². The van der Waals surface area contributed by atoms with Crippen molar-refractivity contribution in [1.82, 2.24) is 20.0 Å². The molecule has 0 unspecified atom stereocenters. The second kappa shape index (κ2) is 6.46. The fourth-order valence-electron chi connectivity index (χ4n) is 0.832. The van der Waals surface area contributed by atoms with Crippen molar-refractivity contribution in [1.29, 1.82) is 0 Å². The maximum absolute atomic E-state index is 4.12. The number of H-pyrrole nitrogens is 1. The van der Waals surface area contributed by atoms with E-state index in [-0.39, 0.29) is 0 Å². The Balaban J connectivity index is 0.000000162. The number of hydrogen-bond acceptors (Lipinski definition) is 2. The van der Waals surface area contributed by atoms with E-state index in [1.807, 2.05) is 23.3 Å². The molecular formula is C9H12I2N4. The molecule has 0 fully saturated rings. The highest BCUT2D eigenvalue weighted by molar-refractivity contribution is 14.1. The van der Waals surface area contributed by atoms with Crippen molar-refractivity contribution in [2.75, 3.05) is 0 Å². The molecule has 0 radical (unpaired) electrons. The van der Waals surface area contributed by atoms with Crippen molar-refractivity contribution in [3.63, 3.8) is 0 Å². The quantitative estimate of drug-likeness (QED) is 0.708. The molecule has 0 spiro atoms. The summed E-state index contributed by atoms with van der Waals surface area (Å²) in [5, 5.41) is 10.5. The van der Waals surface area contributed by atoms with Gasteiger partial charge in [0.25, 0.3) is 0 Å². The topological polar surface area (TPSA) is 46.5 Å². The number of rotatable bonds is 1. The first-order valence-electron chi connectivity index (χ1n) is 4.43. The van der Waals surface area contributed by atoms with E-state index in [2.05, 4.69) is 74.3 Å². The number of aromatic nitrogens is 4. The normalized spacial score (nSPS) is 9.93. The van der Waals surface area contributed by atoms with Crippen LogP contribution in [-0.4, -0.2) is 20.0 Å². The molecule has 2 heterocycles. The molecule has 2 aromatic heterocycles. The van der Waals surface area contributed by atoms with Crippen LogP contribution in [0.15, 0.2) is 24.8 Å². The zero-order valence-electron chi connectivity index (χ0n) is 8.48. The summed E-state index contributed by atoms with van der Waals surface area (Å²) in [6.07, 6.45) is 7.49. The van der Waals surface area contributed by atoms with Gasteiger partial charge in [0, 0.05) is 18.4 Å². The Morgan fingerprint density at radius 2 is 2.00 bits per heavy atom. The van der Waals surface area contributed by atoms with Gasteiger partial charge >= 0.3 is 0 Å². The van der Waals surface area contributed by atoms with Crippen LogP contribution in [-0.2, 0) is 0 Å². The summed E-state index contributed by atoms with van der Waals surface area (Å²) in [6, 6.07) is 0.480. The summed E-state index contributed by atoms with van der Waals surface area (Å²) in [5.74, 6) is 0. The predicted octanol–water partition coefficient (Wildman–Crippen LogP) is 3.08. The van der Waals surface area contributed by atoms with Gasteiger partial charge < -0.3 is 0 Å². The predicted molar refractivity (Wildman–Crippen MR) is 76.6 cm³/mol. The first-order chi connectivity index (χ1) is 7.09. The zero-order chi connectivity index (χ0) is 11.3. The lowest BCUT2D eigenvalue weighted by atomic mass is 10.4. The zero-order valence-corrected chi connectivity index (χ0v) is 12.8. The first-order valence-corrected chi connectivity index (χ1v) is 6.59. The smallest absolute Gasteiger partial charge is 0.0623 e. The second-order valence-electron chi connectivity index (χ2n) is 3.15. The molecule has 0 aliphatic carbocycles. The fraction of sp³-hybridized carbons (Fsp3) is 0.333. The number of aromatic amines is 1. The highest BCUT2D eigenvalue weighted by atomic mass is 127. The first kappa shape index (κ1) is 12.9. The number of nitrogens with one attached hydrogen (secondary N) is 1. The Hall–Kier alpha value is -0.120. The maximum atomic E-state index is 4.12. The lowest BCUT2D eigenvalue weighted by Crippen LogP contribution is -1.99. The molecule has 0 atom stereocenters. The molecule has 6 heteroatoms. The molecule has 0 aliphatic heterocycles. The van der Waals surface area contributed by atoms with Crippen LogP contribution >= 0.6 is 45.2 Å². The highest BCUT2D eigenvalue weighted by Gasteiger charge is 1.96. The summed E-state index contributed by atoms with van der Waals surface area (Å²) in [5.41, 5.74) is 0. The summed E-state index contributed by atoms with van der Waals surface area (Å²) in [6.45, 7) is 4.23. The van der Waals surface area contributed by atoms with Gasteiger partial charge in [-0.25, -0.2) is 0 Å². The van der Waals surface area contributed by atoms with Crippen molar-refractivity contribution >= 4 is 45.2 Å². The van der Waals surface area contributed by atoms with E-state index in [9.17, 15) is 0 Å². The highest BCUT2D eigenvalue weighted by Crippen LogP contribution is 2.06. The third-order valence-corrected chi connectivity index (χ3v) is 2.71. The molecule has 4 nitrogen and oxygen atoms in total. The van der Waals surface area contributed by atoms with Crippen molar-refractivity contribution in [3.8, 4) is 0 Å². The molecule has 0 aliphatic rings. The lowest BCUT2D eigenvalue weighted by Gasteiger charge is -2.01. The Labute approximate surface area is 116 Å². The van der Waals surface area contributed by atoms with Gasteiger partial charge in [-0.05, 0) is 59.0 Å². The molecule has 0 bridgehead atoms. The number of halogens is 2. The van der Waals surface area contributed by atoms with Crippen LogP contribution in [0.2, 0.25) is 0 Å². The SMILES string of the molecule is CC(C)n1cc(I)cn1.Ic1cn[nH]c1. The van der Waals surface area contributed by atoms with E-state index < -0.39 is 0 Å². The average Bonchev–Trinajstić information content (AvgIpc) is 2.77. The third kappa shape index (κ3) is 4.96. The van der Waals surface area contributed by atoms with E-state index in [1.165, 1.54) is 3.57 Å². The summed E-state index contributed by atoms with van der Waals surface area (Å²) in [7, 11) is 0. The molecule has 0 saturated carbocycles. The Morgan fingerprint density at radius 1 is 1.27 bits per heavy atom. The van der Waals surface area contributed by atoms with E-state index in [1.54, 1.807) is 6.20 Å². The van der Waals surface area contributed by atoms with Crippen LogP contribution in [0.4, 0.5) is 0 Å². The standard InChI is InChI=1S/C6H9IN2.C3H3IN2/c1-5(2)9-4-6(7)3-8-9;4-3-1-5-6-2-3/h3-5H,1-2H3;1-2H,(H,5,6). The minimum atomic E-state index is 0.480. The minimum Gasteiger partial charge on any atom is -0.285 e. The molecular weight excluding hydrogens is 418 g/mol. The van der Waals surface area contributed by atoms with Crippen LogP contribution in [0.5, 0.6) is 0 Å². The molecule has 0 amide bonds. The van der Waals surface area contributed by atoms with Gasteiger partial charge in [0.1, 0.15) is 0 Å². The summed E-state index contributed by atoms with van der Waals surface area (Å²) in [4.78, 5) is 0. The number of hydrogen-bond donors (Lipinski definition) is 1. The molecule has 0 aromatic carbocycles. The van der Waals surface area contributed by atoms with Gasteiger partial charge in [0.05, 0.1) is 19.5 Å².